The number of hydrogen-bond donors (Lipinski definition) is 1. The van der Waals surface area contributed by atoms with Gasteiger partial charge in [0.05, 0.1) is 12.1 Å². The molecule has 1 rings (SSSR count). The van der Waals surface area contributed by atoms with Crippen LogP contribution in [-0.2, 0) is 0 Å². The highest BCUT2D eigenvalue weighted by Crippen LogP contribution is 2.21. The van der Waals surface area contributed by atoms with Gasteiger partial charge in [-0.15, -0.1) is 0 Å². The Balaban J connectivity index is 2.85. The third-order valence-electron chi connectivity index (χ3n) is 1.79. The lowest BCUT2D eigenvalue weighted by Gasteiger charge is -2.10. The van der Waals surface area contributed by atoms with Gasteiger partial charge >= 0.3 is 0 Å². The third kappa shape index (κ3) is 2.12. The molecule has 0 aliphatic rings. The molecule has 5 heteroatoms. The van der Waals surface area contributed by atoms with Crippen molar-refractivity contribution < 1.29 is 8.78 Å². The maximum atomic E-state index is 12.4. The molecular formula is C8H11F2N3. The summed E-state index contributed by atoms with van der Waals surface area (Å²) in [5.74, 6) is -0.936. The van der Waals surface area contributed by atoms with Gasteiger partial charge < -0.3 is 5.73 Å². The summed E-state index contributed by atoms with van der Waals surface area (Å²) in [6, 6.07) is 0. The molecule has 0 saturated carbocycles. The first-order valence-corrected chi connectivity index (χ1v) is 3.84. The molecule has 0 amide bonds. The van der Waals surface area contributed by atoms with Crippen molar-refractivity contribution in [1.29, 1.82) is 0 Å². The zero-order valence-electron chi connectivity index (χ0n) is 7.03. The van der Waals surface area contributed by atoms with E-state index in [2.05, 4.69) is 11.7 Å². The highest BCUT2D eigenvalue weighted by Gasteiger charge is 2.21. The van der Waals surface area contributed by atoms with Gasteiger partial charge in [0.1, 0.15) is 0 Å². The van der Waals surface area contributed by atoms with Crippen molar-refractivity contribution in [1.82, 2.24) is 9.78 Å². The molecule has 1 atom stereocenters. The monoisotopic (exact) mass is 187 g/mol. The van der Waals surface area contributed by atoms with Gasteiger partial charge in [-0.25, -0.2) is 13.5 Å². The van der Waals surface area contributed by atoms with Crippen LogP contribution in [0, 0.1) is 0 Å². The van der Waals surface area contributed by atoms with E-state index in [-0.39, 0.29) is 6.54 Å². The average molecular weight is 187 g/mol. The van der Waals surface area contributed by atoms with Crippen LogP contribution in [0.3, 0.4) is 0 Å². The number of rotatable bonds is 4. The molecule has 1 aromatic rings. The number of halogens is 2. The van der Waals surface area contributed by atoms with Crippen LogP contribution < -0.4 is 5.73 Å². The minimum absolute atomic E-state index is 0.0828. The first-order chi connectivity index (χ1) is 6.19. The molecule has 0 aromatic carbocycles. The fourth-order valence-corrected chi connectivity index (χ4v) is 1.03. The standard InChI is InChI=1S/C8H11F2N3/c1-2-13-5-6(4-12-13)7(3-11)8(9)10/h2,4-5,7-8H,1,3,11H2. The molecule has 0 aliphatic carbocycles. The summed E-state index contributed by atoms with van der Waals surface area (Å²) in [6.45, 7) is 3.37. The van der Waals surface area contributed by atoms with Gasteiger partial charge in [0.25, 0.3) is 0 Å². The van der Waals surface area contributed by atoms with E-state index in [1.165, 1.54) is 23.3 Å². The van der Waals surface area contributed by atoms with Crippen molar-refractivity contribution in [3.05, 3.63) is 24.5 Å². The van der Waals surface area contributed by atoms with Crippen LogP contribution >= 0.6 is 0 Å². The second kappa shape index (κ2) is 4.13. The molecule has 2 N–H and O–H groups in total. The molecule has 1 heterocycles. The summed E-state index contributed by atoms with van der Waals surface area (Å²) >= 11 is 0. The fraction of sp³-hybridized carbons (Fsp3) is 0.375. The highest BCUT2D eigenvalue weighted by molar-refractivity contribution is 5.21. The van der Waals surface area contributed by atoms with E-state index in [1.807, 2.05) is 0 Å². The van der Waals surface area contributed by atoms with Gasteiger partial charge in [0.15, 0.2) is 0 Å². The normalized spacial score (nSPS) is 13.2. The molecule has 0 aliphatic heterocycles. The van der Waals surface area contributed by atoms with Crippen LogP contribution in [0.4, 0.5) is 8.78 Å². The van der Waals surface area contributed by atoms with E-state index in [4.69, 9.17) is 5.73 Å². The number of nitrogens with zero attached hydrogens (tertiary/aromatic N) is 2. The van der Waals surface area contributed by atoms with Crippen LogP contribution in [0.2, 0.25) is 0 Å². The fourth-order valence-electron chi connectivity index (χ4n) is 1.03. The van der Waals surface area contributed by atoms with Gasteiger partial charge in [-0.1, -0.05) is 6.58 Å². The summed E-state index contributed by atoms with van der Waals surface area (Å²) in [4.78, 5) is 0. The number of aromatic nitrogens is 2. The van der Waals surface area contributed by atoms with Crippen molar-refractivity contribution in [2.45, 2.75) is 12.3 Å². The molecule has 0 bridgehead atoms. The Morgan fingerprint density at radius 1 is 1.69 bits per heavy atom. The molecule has 1 aromatic heterocycles. The molecular weight excluding hydrogens is 176 g/mol. The van der Waals surface area contributed by atoms with Crippen molar-refractivity contribution >= 4 is 6.20 Å². The Morgan fingerprint density at radius 2 is 2.38 bits per heavy atom. The summed E-state index contributed by atoms with van der Waals surface area (Å²) in [6.07, 6.45) is 1.86. The van der Waals surface area contributed by atoms with Crippen LogP contribution in [0.1, 0.15) is 11.5 Å². The van der Waals surface area contributed by atoms with Crippen LogP contribution in [0.15, 0.2) is 19.0 Å². The topological polar surface area (TPSA) is 43.8 Å². The average Bonchev–Trinajstić information content (AvgIpc) is 2.53. The lowest BCUT2D eigenvalue weighted by Crippen LogP contribution is -2.19. The van der Waals surface area contributed by atoms with E-state index in [0.29, 0.717) is 5.56 Å². The van der Waals surface area contributed by atoms with Crippen molar-refractivity contribution in [2.75, 3.05) is 6.54 Å². The van der Waals surface area contributed by atoms with Gasteiger partial charge in [-0.3, -0.25) is 0 Å². The number of alkyl halides is 2. The van der Waals surface area contributed by atoms with Crippen molar-refractivity contribution in [3.63, 3.8) is 0 Å². The minimum Gasteiger partial charge on any atom is -0.330 e. The quantitative estimate of drug-likeness (QED) is 0.771. The van der Waals surface area contributed by atoms with E-state index in [1.54, 1.807) is 0 Å². The molecule has 0 radical (unpaired) electrons. The zero-order valence-corrected chi connectivity index (χ0v) is 7.03. The Hall–Kier alpha value is -1.23. The summed E-state index contributed by atoms with van der Waals surface area (Å²) < 4.78 is 26.1. The number of nitrogens with two attached hydrogens (primary N) is 1. The van der Waals surface area contributed by atoms with Gasteiger partial charge in [0.2, 0.25) is 6.43 Å². The molecule has 0 saturated heterocycles. The predicted molar refractivity (Wildman–Crippen MR) is 46.4 cm³/mol. The molecule has 3 nitrogen and oxygen atoms in total. The van der Waals surface area contributed by atoms with E-state index >= 15 is 0 Å². The summed E-state index contributed by atoms with van der Waals surface area (Å²) in [7, 11) is 0. The SMILES string of the molecule is C=Cn1cc(C(CN)C(F)F)cn1. The Labute approximate surface area is 74.8 Å². The lowest BCUT2D eigenvalue weighted by molar-refractivity contribution is 0.117. The first-order valence-electron chi connectivity index (χ1n) is 3.84. The molecule has 72 valence electrons. The van der Waals surface area contributed by atoms with Crippen molar-refractivity contribution in [2.24, 2.45) is 5.73 Å². The summed E-state index contributed by atoms with van der Waals surface area (Å²) in [5, 5.41) is 3.80. The van der Waals surface area contributed by atoms with E-state index in [0.717, 1.165) is 0 Å². The maximum absolute atomic E-state index is 12.4. The maximum Gasteiger partial charge on any atom is 0.246 e. The Kier molecular flexibility index (Phi) is 3.13. The lowest BCUT2D eigenvalue weighted by atomic mass is 10.0. The highest BCUT2D eigenvalue weighted by atomic mass is 19.3. The number of hydrogen-bond acceptors (Lipinski definition) is 2. The second-order valence-corrected chi connectivity index (χ2v) is 2.61. The predicted octanol–water partition coefficient (Wildman–Crippen LogP) is 1.29. The first kappa shape index (κ1) is 9.85. The van der Waals surface area contributed by atoms with Crippen molar-refractivity contribution in [3.8, 4) is 0 Å². The van der Waals surface area contributed by atoms with Crippen LogP contribution in [0.5, 0.6) is 0 Å². The summed E-state index contributed by atoms with van der Waals surface area (Å²) in [5.41, 5.74) is 5.66. The molecule has 0 fully saturated rings. The van der Waals surface area contributed by atoms with Gasteiger partial charge in [-0.2, -0.15) is 5.10 Å². The van der Waals surface area contributed by atoms with Crippen LogP contribution in [-0.4, -0.2) is 22.8 Å². The Morgan fingerprint density at radius 3 is 2.77 bits per heavy atom. The smallest absolute Gasteiger partial charge is 0.246 e. The second-order valence-electron chi connectivity index (χ2n) is 2.61. The van der Waals surface area contributed by atoms with Gasteiger partial charge in [0, 0.05) is 24.5 Å². The van der Waals surface area contributed by atoms with Gasteiger partial charge in [-0.05, 0) is 0 Å². The molecule has 13 heavy (non-hydrogen) atoms. The minimum atomic E-state index is -2.45. The molecule has 0 spiro atoms. The largest absolute Gasteiger partial charge is 0.330 e. The molecule has 1 unspecified atom stereocenters. The zero-order chi connectivity index (χ0) is 9.84. The third-order valence-corrected chi connectivity index (χ3v) is 1.79. The van der Waals surface area contributed by atoms with Crippen LogP contribution in [0.25, 0.3) is 6.20 Å². The van der Waals surface area contributed by atoms with E-state index < -0.39 is 12.3 Å². The Bertz CT molecular complexity index is 283. The van der Waals surface area contributed by atoms with E-state index in [9.17, 15) is 8.78 Å².